The summed E-state index contributed by atoms with van der Waals surface area (Å²) in [6.07, 6.45) is 8.94. The van der Waals surface area contributed by atoms with Crippen LogP contribution in [0.25, 0.3) is 87.6 Å². The molecule has 0 fully saturated rings. The van der Waals surface area contributed by atoms with Gasteiger partial charge in [0.05, 0.1) is 0 Å². The zero-order valence-electron chi connectivity index (χ0n) is 23.8. The molecule has 0 radical (unpaired) electrons. The fourth-order valence-corrected chi connectivity index (χ4v) is 8.26. The highest BCUT2D eigenvalue weighted by atomic mass is 32.1. The third kappa shape index (κ3) is 4.69. The molecule has 0 N–H and O–H groups in total. The van der Waals surface area contributed by atoms with Crippen LogP contribution in [-0.2, 0) is 0 Å². The summed E-state index contributed by atoms with van der Waals surface area (Å²) < 4.78 is 2.65. The fourth-order valence-electron chi connectivity index (χ4n) is 6.26. The van der Waals surface area contributed by atoms with Gasteiger partial charge in [-0.1, -0.05) is 84.9 Å². The van der Waals surface area contributed by atoms with Gasteiger partial charge in [-0.05, 0) is 138 Å². The summed E-state index contributed by atoms with van der Waals surface area (Å²) in [5, 5.41) is 12.9. The Morgan fingerprint density at radius 3 is 1.18 bits per heavy atom. The third-order valence-electron chi connectivity index (χ3n) is 8.53. The molecule has 0 atom stereocenters. The van der Waals surface area contributed by atoms with Crippen molar-refractivity contribution in [3.63, 3.8) is 0 Å². The Morgan fingerprint density at radius 1 is 0.295 bits per heavy atom. The Hall–Kier alpha value is -5.02. The molecule has 44 heavy (non-hydrogen) atoms. The van der Waals surface area contributed by atoms with E-state index in [1.54, 1.807) is 0 Å². The molecule has 2 aromatic heterocycles. The number of rotatable bonds is 4. The molecule has 0 aliphatic heterocycles. The van der Waals surface area contributed by atoms with Gasteiger partial charge in [0.15, 0.2) is 0 Å². The lowest BCUT2D eigenvalue weighted by Gasteiger charge is -2.04. The highest BCUT2D eigenvalue weighted by molar-refractivity contribution is 7.20. The topological polar surface area (TPSA) is 0 Å². The van der Waals surface area contributed by atoms with E-state index in [-0.39, 0.29) is 0 Å². The first-order valence-electron chi connectivity index (χ1n) is 14.9. The molecule has 0 bridgehead atoms. The zero-order chi connectivity index (χ0) is 29.0. The molecule has 9 aromatic rings. The molecular formula is C42H26S2. The molecule has 0 nitrogen and oxygen atoms in total. The normalized spacial score (nSPS) is 12.4. The minimum absolute atomic E-state index is 1.23. The smallest absolute Gasteiger partial charge is 0.0355 e. The molecule has 0 aliphatic rings. The van der Waals surface area contributed by atoms with Crippen molar-refractivity contribution in [1.82, 2.24) is 0 Å². The van der Waals surface area contributed by atoms with Crippen LogP contribution in [0.2, 0.25) is 0 Å². The molecule has 2 heteroatoms. The Balaban J connectivity index is 1.03. The van der Waals surface area contributed by atoms with Gasteiger partial charge in [-0.2, -0.15) is 0 Å². The predicted octanol–water partition coefficient (Wildman–Crippen LogP) is 13.1. The van der Waals surface area contributed by atoms with E-state index >= 15 is 0 Å². The molecule has 0 saturated heterocycles. The summed E-state index contributed by atoms with van der Waals surface area (Å²) in [4.78, 5) is 2.55. The minimum atomic E-state index is 1.23. The highest BCUT2D eigenvalue weighted by Crippen LogP contribution is 2.36. The van der Waals surface area contributed by atoms with Crippen molar-refractivity contribution in [2.45, 2.75) is 0 Å². The van der Waals surface area contributed by atoms with Gasteiger partial charge < -0.3 is 0 Å². The minimum Gasteiger partial charge on any atom is -0.136 e. The maximum Gasteiger partial charge on any atom is 0.0355 e. The molecular weight excluding hydrogens is 569 g/mol. The molecule has 7 aromatic carbocycles. The fraction of sp³-hybridized carbons (Fsp3) is 0. The first-order valence-corrected chi connectivity index (χ1v) is 16.5. The maximum absolute atomic E-state index is 2.36. The van der Waals surface area contributed by atoms with E-state index < -0.39 is 0 Å². The summed E-state index contributed by atoms with van der Waals surface area (Å²) in [5.74, 6) is 0. The zero-order valence-corrected chi connectivity index (χ0v) is 25.5. The molecule has 0 unspecified atom stereocenters. The van der Waals surface area contributed by atoms with E-state index in [4.69, 9.17) is 0 Å². The van der Waals surface area contributed by atoms with Gasteiger partial charge in [-0.15, -0.1) is 22.7 Å². The summed E-state index contributed by atoms with van der Waals surface area (Å²) in [7, 11) is 0. The third-order valence-corrected chi connectivity index (χ3v) is 10.7. The number of hydrogen-bond acceptors (Lipinski definition) is 2. The lowest BCUT2D eigenvalue weighted by Crippen LogP contribution is -1.77. The molecule has 2 heterocycles. The second-order valence-corrected chi connectivity index (χ2v) is 13.7. The summed E-state index contributed by atoms with van der Waals surface area (Å²) in [5.41, 5.74) is 2.45. The monoisotopic (exact) mass is 594 g/mol. The van der Waals surface area contributed by atoms with Crippen LogP contribution in [0.1, 0.15) is 20.9 Å². The SMILES string of the molecule is C(=C\c1cc2cc3cc4cc5sc(/C=C/c6ccc7ccccc7c6)cc5cc4cc3cc2s1)/c1ccc2ccccc2c1. The van der Waals surface area contributed by atoms with E-state index in [0.717, 1.165) is 0 Å². The molecule has 9 rings (SSSR count). The van der Waals surface area contributed by atoms with Crippen molar-refractivity contribution < 1.29 is 0 Å². The van der Waals surface area contributed by atoms with Gasteiger partial charge >= 0.3 is 0 Å². The molecule has 0 saturated carbocycles. The average molecular weight is 595 g/mol. The van der Waals surface area contributed by atoms with Gasteiger partial charge in [0.25, 0.3) is 0 Å². The van der Waals surface area contributed by atoms with Crippen molar-refractivity contribution in [3.05, 3.63) is 154 Å². The van der Waals surface area contributed by atoms with E-state index in [0.29, 0.717) is 0 Å². The second kappa shape index (κ2) is 10.3. The maximum atomic E-state index is 2.36. The summed E-state index contributed by atoms with van der Waals surface area (Å²) in [6, 6.07) is 49.1. The van der Waals surface area contributed by atoms with Crippen LogP contribution in [0.4, 0.5) is 0 Å². The van der Waals surface area contributed by atoms with Gasteiger partial charge in [0.1, 0.15) is 0 Å². The van der Waals surface area contributed by atoms with Gasteiger partial charge in [-0.3, -0.25) is 0 Å². The average Bonchev–Trinajstić information content (AvgIpc) is 3.65. The van der Waals surface area contributed by atoms with E-state index in [1.807, 2.05) is 22.7 Å². The van der Waals surface area contributed by atoms with Crippen LogP contribution in [0.5, 0.6) is 0 Å². The van der Waals surface area contributed by atoms with Crippen molar-refractivity contribution in [2.75, 3.05) is 0 Å². The number of thiophene rings is 2. The molecule has 0 amide bonds. The second-order valence-electron chi connectivity index (χ2n) is 11.5. The van der Waals surface area contributed by atoms with Gasteiger partial charge in [0.2, 0.25) is 0 Å². The Morgan fingerprint density at radius 2 is 0.705 bits per heavy atom. The van der Waals surface area contributed by atoms with Crippen molar-refractivity contribution in [3.8, 4) is 0 Å². The van der Waals surface area contributed by atoms with Gasteiger partial charge in [-0.25, -0.2) is 0 Å². The largest absolute Gasteiger partial charge is 0.136 e. The van der Waals surface area contributed by atoms with Crippen molar-refractivity contribution in [1.29, 1.82) is 0 Å². The van der Waals surface area contributed by atoms with Crippen LogP contribution in [0.15, 0.2) is 133 Å². The Labute approximate surface area is 263 Å². The van der Waals surface area contributed by atoms with Crippen LogP contribution in [0.3, 0.4) is 0 Å². The molecule has 206 valence electrons. The van der Waals surface area contributed by atoms with Crippen LogP contribution < -0.4 is 0 Å². The lowest BCUT2D eigenvalue weighted by atomic mass is 10.0. The Bertz CT molecular complexity index is 2340. The van der Waals surface area contributed by atoms with Crippen LogP contribution in [0, 0.1) is 0 Å². The predicted molar refractivity (Wildman–Crippen MR) is 198 cm³/mol. The van der Waals surface area contributed by atoms with Crippen molar-refractivity contribution in [2.24, 2.45) is 0 Å². The standard InChI is InChI=1S/C42H26S2/c1-3-7-31-17-27(9-13-29(31)5-1)11-15-39-23-37-21-33-19-36-26-42-38(22-34(36)20-35(33)25-41(37)43-39)24-40(44-42)16-12-28-10-14-30-6-2-4-8-32(30)18-28/h1-26H/b15-11+,16-12+. The first-order chi connectivity index (χ1) is 21.7. The highest BCUT2D eigenvalue weighted by Gasteiger charge is 2.08. The number of hydrogen-bond donors (Lipinski definition) is 0. The Kier molecular flexibility index (Phi) is 5.97. The van der Waals surface area contributed by atoms with Crippen LogP contribution in [-0.4, -0.2) is 0 Å². The summed E-state index contributed by atoms with van der Waals surface area (Å²) >= 11 is 3.72. The molecule has 0 aliphatic carbocycles. The molecule has 0 spiro atoms. The van der Waals surface area contributed by atoms with Crippen molar-refractivity contribution >= 4 is 110 Å². The van der Waals surface area contributed by atoms with Crippen LogP contribution >= 0.6 is 22.7 Å². The van der Waals surface area contributed by atoms with E-state index in [9.17, 15) is 0 Å². The summed E-state index contributed by atoms with van der Waals surface area (Å²) in [6.45, 7) is 0. The van der Waals surface area contributed by atoms with Gasteiger partial charge in [0, 0.05) is 19.2 Å². The lowest BCUT2D eigenvalue weighted by molar-refractivity contribution is 1.71. The number of fused-ring (bicyclic) bond motifs is 6. The quantitative estimate of drug-likeness (QED) is 0.178. The first kappa shape index (κ1) is 25.5. The number of benzene rings is 7. The van der Waals surface area contributed by atoms with E-state index in [1.165, 1.54) is 84.1 Å². The van der Waals surface area contributed by atoms with E-state index in [2.05, 4.69) is 158 Å².